The van der Waals surface area contributed by atoms with Gasteiger partial charge in [0.25, 0.3) is 11.8 Å². The smallest absolute Gasteiger partial charge is 0.274 e. The summed E-state index contributed by atoms with van der Waals surface area (Å²) in [6.07, 6.45) is -0.116. The van der Waals surface area contributed by atoms with Gasteiger partial charge in [0.1, 0.15) is 23.2 Å². The van der Waals surface area contributed by atoms with Crippen molar-refractivity contribution in [2.24, 2.45) is 10.9 Å². The molecule has 0 bridgehead atoms. The second-order valence-corrected chi connectivity index (χ2v) is 9.04. The van der Waals surface area contributed by atoms with Crippen molar-refractivity contribution in [3.63, 3.8) is 0 Å². The lowest BCUT2D eigenvalue weighted by molar-refractivity contribution is -0.113. The number of hydrogen-bond donors (Lipinski definition) is 1. The molecule has 6 nitrogen and oxygen atoms in total. The van der Waals surface area contributed by atoms with Gasteiger partial charge in [-0.1, -0.05) is 6.07 Å². The van der Waals surface area contributed by atoms with Gasteiger partial charge in [-0.2, -0.15) is 0 Å². The lowest BCUT2D eigenvalue weighted by atomic mass is 9.77. The predicted molar refractivity (Wildman–Crippen MR) is 116 cm³/mol. The van der Waals surface area contributed by atoms with Crippen LogP contribution >= 0.6 is 11.8 Å². The molecular weight excluding hydrogens is 441 g/mol. The van der Waals surface area contributed by atoms with Gasteiger partial charge < -0.3 is 10.1 Å². The number of pyridine rings is 1. The van der Waals surface area contributed by atoms with E-state index in [0.29, 0.717) is 16.5 Å². The van der Waals surface area contributed by atoms with Gasteiger partial charge in [-0.3, -0.25) is 14.8 Å². The molecular formula is C22H19F3N4O2S. The van der Waals surface area contributed by atoms with E-state index in [0.717, 1.165) is 6.92 Å². The molecule has 1 amide bonds. The van der Waals surface area contributed by atoms with Gasteiger partial charge in [0.15, 0.2) is 0 Å². The quantitative estimate of drug-likeness (QED) is 0.648. The number of anilines is 1. The van der Waals surface area contributed by atoms with Crippen LogP contribution in [-0.2, 0) is 10.3 Å². The van der Waals surface area contributed by atoms with E-state index in [-0.39, 0.29) is 23.6 Å². The van der Waals surface area contributed by atoms with Crippen LogP contribution in [0.2, 0.25) is 0 Å². The molecule has 166 valence electrons. The van der Waals surface area contributed by atoms with Gasteiger partial charge in [0.2, 0.25) is 5.69 Å². The highest BCUT2D eigenvalue weighted by Crippen LogP contribution is 2.52. The Morgan fingerprint density at radius 2 is 2.16 bits per heavy atom. The number of aromatic nitrogens is 1. The van der Waals surface area contributed by atoms with E-state index >= 15 is 4.39 Å². The summed E-state index contributed by atoms with van der Waals surface area (Å²) in [4.78, 5) is 24.3. The minimum absolute atomic E-state index is 0.0807. The van der Waals surface area contributed by atoms with E-state index < -0.39 is 35.2 Å². The van der Waals surface area contributed by atoms with Crippen molar-refractivity contribution in [1.82, 2.24) is 4.98 Å². The molecule has 3 unspecified atom stereocenters. The molecule has 0 radical (unpaired) electrons. The summed E-state index contributed by atoms with van der Waals surface area (Å²) in [6, 6.07) is 6.85. The molecule has 32 heavy (non-hydrogen) atoms. The van der Waals surface area contributed by atoms with Crippen molar-refractivity contribution in [3.8, 4) is 0 Å². The van der Waals surface area contributed by atoms with Crippen LogP contribution in [0.15, 0.2) is 41.5 Å². The molecule has 2 aliphatic heterocycles. The van der Waals surface area contributed by atoms with Gasteiger partial charge in [0.05, 0.1) is 18.2 Å². The number of carbonyl (C=O) groups is 1. The summed E-state index contributed by atoms with van der Waals surface area (Å²) in [5.74, 6) is -4.69. The number of thioether (sulfide) groups is 1. The third-order valence-electron chi connectivity index (χ3n) is 5.59. The third kappa shape index (κ3) is 3.98. The van der Waals surface area contributed by atoms with Crippen LogP contribution in [-0.4, -0.2) is 40.3 Å². The molecule has 4 rings (SSSR count). The van der Waals surface area contributed by atoms with Crippen LogP contribution in [0.4, 0.5) is 24.5 Å². The summed E-state index contributed by atoms with van der Waals surface area (Å²) in [6.45, 7) is 9.31. The Balaban J connectivity index is 1.69. The second kappa shape index (κ2) is 8.22. The van der Waals surface area contributed by atoms with Crippen LogP contribution in [0.3, 0.4) is 0 Å². The van der Waals surface area contributed by atoms with E-state index in [9.17, 15) is 13.6 Å². The zero-order chi connectivity index (χ0) is 23.1. The Morgan fingerprint density at radius 3 is 2.81 bits per heavy atom. The average molecular weight is 460 g/mol. The first-order valence-corrected chi connectivity index (χ1v) is 10.8. The SMILES string of the molecule is [C-]#[N+]c1ccc(C(=O)Nc2ccc(F)c(C34COC(C(C)(F)F)C3CSC(C)=N4)c2)nc1. The number of fused-ring (bicyclic) bond motifs is 1. The molecule has 1 aromatic heterocycles. The number of aliphatic imine (C=N–C) groups is 1. The van der Waals surface area contributed by atoms with Crippen LogP contribution < -0.4 is 5.32 Å². The zero-order valence-corrected chi connectivity index (χ0v) is 18.0. The zero-order valence-electron chi connectivity index (χ0n) is 17.2. The maximum absolute atomic E-state index is 15.0. The third-order valence-corrected chi connectivity index (χ3v) is 6.63. The number of hydrogen-bond acceptors (Lipinski definition) is 5. The maximum Gasteiger partial charge on any atom is 0.274 e. The number of amides is 1. The minimum Gasteiger partial charge on any atom is -0.369 e. The molecule has 10 heteroatoms. The number of nitrogens with one attached hydrogen (secondary N) is 1. The fourth-order valence-electron chi connectivity index (χ4n) is 4.11. The normalized spacial score (nSPS) is 24.9. The first-order chi connectivity index (χ1) is 15.1. The maximum atomic E-state index is 15.0. The van der Waals surface area contributed by atoms with E-state index in [1.54, 1.807) is 6.92 Å². The summed E-state index contributed by atoms with van der Waals surface area (Å²) in [5.41, 5.74) is -0.559. The van der Waals surface area contributed by atoms with Crippen molar-refractivity contribution in [1.29, 1.82) is 0 Å². The Labute approximate surface area is 187 Å². The van der Waals surface area contributed by atoms with Crippen LogP contribution in [0.1, 0.15) is 29.9 Å². The summed E-state index contributed by atoms with van der Waals surface area (Å²) in [7, 11) is 0. The molecule has 1 fully saturated rings. The Kier molecular flexibility index (Phi) is 5.73. The van der Waals surface area contributed by atoms with Crippen LogP contribution in [0.25, 0.3) is 4.85 Å². The van der Waals surface area contributed by atoms with E-state index in [1.165, 1.54) is 48.3 Å². The molecule has 2 aromatic rings. The van der Waals surface area contributed by atoms with Gasteiger partial charge in [0, 0.05) is 36.0 Å². The topological polar surface area (TPSA) is 67.9 Å². The predicted octanol–water partition coefficient (Wildman–Crippen LogP) is 5.05. The molecule has 0 spiro atoms. The Hall–Kier alpha value is -2.90. The van der Waals surface area contributed by atoms with Crippen molar-refractivity contribution >= 4 is 34.1 Å². The van der Waals surface area contributed by atoms with Gasteiger partial charge >= 0.3 is 0 Å². The minimum atomic E-state index is -3.11. The highest BCUT2D eigenvalue weighted by atomic mass is 32.2. The molecule has 2 aliphatic rings. The van der Waals surface area contributed by atoms with Gasteiger partial charge in [-0.15, -0.1) is 11.8 Å². The lowest BCUT2D eigenvalue weighted by Gasteiger charge is -2.37. The van der Waals surface area contributed by atoms with Crippen molar-refractivity contribution in [2.75, 3.05) is 17.7 Å². The number of ether oxygens (including phenoxy) is 1. The molecule has 1 N–H and O–H groups in total. The second-order valence-electron chi connectivity index (χ2n) is 7.82. The number of halogens is 3. The number of nitrogens with zero attached hydrogens (tertiary/aromatic N) is 3. The summed E-state index contributed by atoms with van der Waals surface area (Å²) >= 11 is 1.34. The fraction of sp³-hybridized carbons (Fsp3) is 0.364. The van der Waals surface area contributed by atoms with Crippen molar-refractivity contribution < 1.29 is 22.7 Å². The van der Waals surface area contributed by atoms with E-state index in [1.807, 2.05) is 0 Å². The van der Waals surface area contributed by atoms with E-state index in [4.69, 9.17) is 11.3 Å². The molecule has 1 saturated heterocycles. The monoisotopic (exact) mass is 460 g/mol. The average Bonchev–Trinajstić information content (AvgIpc) is 3.15. The highest BCUT2D eigenvalue weighted by molar-refractivity contribution is 8.13. The Bertz CT molecular complexity index is 1130. The standard InChI is InChI=1S/C22H19F3N4O2S/c1-12-29-22(11-31-19(21(2,24)25)16(22)10-32-12)15-8-13(4-6-17(15)23)28-20(30)18-7-5-14(26-3)9-27-18/h4-9,16,19H,10-11H2,1-2H3,(H,28,30). The largest absolute Gasteiger partial charge is 0.369 e. The number of rotatable bonds is 4. The van der Waals surface area contributed by atoms with Gasteiger partial charge in [-0.05, 0) is 31.2 Å². The van der Waals surface area contributed by atoms with Crippen LogP contribution in [0, 0.1) is 18.3 Å². The fourth-order valence-corrected chi connectivity index (χ4v) is 5.21. The first-order valence-electron chi connectivity index (χ1n) is 9.77. The van der Waals surface area contributed by atoms with Crippen molar-refractivity contribution in [3.05, 3.63) is 65.0 Å². The van der Waals surface area contributed by atoms with Gasteiger partial charge in [-0.25, -0.2) is 18.0 Å². The van der Waals surface area contributed by atoms with Crippen molar-refractivity contribution in [2.45, 2.75) is 31.4 Å². The molecule has 1 aromatic carbocycles. The van der Waals surface area contributed by atoms with Crippen LogP contribution in [0.5, 0.6) is 0 Å². The highest BCUT2D eigenvalue weighted by Gasteiger charge is 2.59. The number of benzene rings is 1. The van der Waals surface area contributed by atoms with E-state index in [2.05, 4.69) is 20.1 Å². The Morgan fingerprint density at radius 1 is 1.38 bits per heavy atom. The summed E-state index contributed by atoms with van der Waals surface area (Å²) < 4.78 is 48.9. The first kappa shape index (κ1) is 22.3. The summed E-state index contributed by atoms with van der Waals surface area (Å²) in [5, 5.41) is 3.30. The lowest BCUT2D eigenvalue weighted by Crippen LogP contribution is -2.45. The molecule has 0 saturated carbocycles. The number of alkyl halides is 2. The number of carbonyl (C=O) groups excluding carboxylic acids is 1. The molecule has 3 atom stereocenters. The molecule has 3 heterocycles. The molecule has 0 aliphatic carbocycles.